The number of amides is 1. The number of nitrogens with one attached hydrogen (secondary N) is 1. The maximum absolute atomic E-state index is 12.7. The maximum Gasteiger partial charge on any atom is 0.339 e. The van der Waals surface area contributed by atoms with Crippen molar-refractivity contribution in [3.8, 4) is 0 Å². The number of carbonyl (C=O) groups excluding carboxylic acids is 2. The van der Waals surface area contributed by atoms with E-state index in [1.165, 1.54) is 0 Å². The number of cyclic esters (lactones) is 1. The first-order valence-electron chi connectivity index (χ1n) is 8.45. The first-order valence-corrected chi connectivity index (χ1v) is 8.82. The predicted octanol–water partition coefficient (Wildman–Crippen LogP) is 4.19. The Morgan fingerprint density at radius 1 is 1.20 bits per heavy atom. The van der Waals surface area contributed by atoms with Crippen LogP contribution in [0.25, 0.3) is 0 Å². The summed E-state index contributed by atoms with van der Waals surface area (Å²) in [5.74, 6) is -0.783. The highest BCUT2D eigenvalue weighted by molar-refractivity contribution is 6.32. The van der Waals surface area contributed by atoms with E-state index in [9.17, 15) is 9.59 Å². The van der Waals surface area contributed by atoms with E-state index >= 15 is 0 Å². The highest BCUT2D eigenvalue weighted by Gasteiger charge is 2.31. The van der Waals surface area contributed by atoms with Gasteiger partial charge in [0.15, 0.2) is 6.10 Å². The molecule has 0 saturated heterocycles. The minimum atomic E-state index is -0.837. The van der Waals surface area contributed by atoms with Gasteiger partial charge in [0, 0.05) is 17.1 Å². The van der Waals surface area contributed by atoms with Gasteiger partial charge < -0.3 is 10.1 Å². The van der Waals surface area contributed by atoms with E-state index in [1.807, 2.05) is 38.1 Å². The van der Waals surface area contributed by atoms with Gasteiger partial charge in [0.05, 0.1) is 5.56 Å². The Bertz CT molecular complexity index is 832. The number of hydrogen-bond acceptors (Lipinski definition) is 3. The fraction of sp³-hybridized carbons (Fsp3) is 0.300. The SMILES string of the molecule is CCc1ccc(Cl)c(CC)c1NC(=O)[C@H]1Cc2ccccc2C(=O)O1. The second-order valence-electron chi connectivity index (χ2n) is 6.01. The summed E-state index contributed by atoms with van der Waals surface area (Å²) in [7, 11) is 0. The molecule has 3 rings (SSSR count). The minimum Gasteiger partial charge on any atom is -0.448 e. The van der Waals surface area contributed by atoms with E-state index in [4.69, 9.17) is 16.3 Å². The molecule has 1 aliphatic rings. The van der Waals surface area contributed by atoms with Gasteiger partial charge in [0.25, 0.3) is 5.91 Å². The van der Waals surface area contributed by atoms with Gasteiger partial charge in [-0.25, -0.2) is 4.79 Å². The smallest absolute Gasteiger partial charge is 0.339 e. The van der Waals surface area contributed by atoms with E-state index in [0.717, 1.165) is 28.8 Å². The molecular weight excluding hydrogens is 338 g/mol. The zero-order valence-electron chi connectivity index (χ0n) is 14.3. The molecule has 25 heavy (non-hydrogen) atoms. The number of fused-ring (bicyclic) bond motifs is 1. The molecule has 1 heterocycles. The summed E-state index contributed by atoms with van der Waals surface area (Å²) >= 11 is 6.28. The van der Waals surface area contributed by atoms with Crippen LogP contribution in [0, 0.1) is 0 Å². The third-order valence-electron chi connectivity index (χ3n) is 4.51. The van der Waals surface area contributed by atoms with Crippen molar-refractivity contribution in [3.63, 3.8) is 0 Å². The zero-order chi connectivity index (χ0) is 18.0. The Labute approximate surface area is 152 Å². The van der Waals surface area contributed by atoms with Gasteiger partial charge >= 0.3 is 5.97 Å². The molecule has 4 nitrogen and oxygen atoms in total. The summed E-state index contributed by atoms with van der Waals surface area (Å²) in [6.07, 6.45) is 1.01. The standard InChI is InChI=1S/C20H20ClNO3/c1-3-12-9-10-16(21)14(4-2)18(12)22-19(23)17-11-13-7-5-6-8-15(13)20(24)25-17/h5-10,17H,3-4,11H2,1-2H3,(H,22,23)/t17-/m1/s1. The number of ether oxygens (including phenoxy) is 1. The van der Waals surface area contributed by atoms with Crippen molar-refractivity contribution in [2.24, 2.45) is 0 Å². The monoisotopic (exact) mass is 357 g/mol. The average Bonchev–Trinajstić information content (AvgIpc) is 2.62. The van der Waals surface area contributed by atoms with Crippen molar-refractivity contribution >= 4 is 29.2 Å². The van der Waals surface area contributed by atoms with Gasteiger partial charge in [0.2, 0.25) is 0 Å². The minimum absolute atomic E-state index is 0.325. The molecule has 0 aromatic heterocycles. The van der Waals surface area contributed by atoms with Crippen molar-refractivity contribution in [3.05, 3.63) is 63.7 Å². The second-order valence-corrected chi connectivity index (χ2v) is 6.42. The zero-order valence-corrected chi connectivity index (χ0v) is 15.0. The molecule has 0 spiro atoms. The van der Waals surface area contributed by atoms with Crippen LogP contribution < -0.4 is 5.32 Å². The molecule has 130 valence electrons. The molecule has 2 aromatic rings. The van der Waals surface area contributed by atoms with E-state index in [2.05, 4.69) is 5.32 Å². The molecule has 1 amide bonds. The van der Waals surface area contributed by atoms with Crippen molar-refractivity contribution < 1.29 is 14.3 Å². The third-order valence-corrected chi connectivity index (χ3v) is 4.86. The molecule has 5 heteroatoms. The van der Waals surface area contributed by atoms with Gasteiger partial charge in [-0.05, 0) is 41.7 Å². The summed E-state index contributed by atoms with van der Waals surface area (Å²) in [6, 6.07) is 11.0. The molecule has 1 N–H and O–H groups in total. The Balaban J connectivity index is 1.87. The van der Waals surface area contributed by atoms with Crippen molar-refractivity contribution in [1.29, 1.82) is 0 Å². The van der Waals surface area contributed by atoms with E-state index in [1.54, 1.807) is 12.1 Å². The number of hydrogen-bond donors (Lipinski definition) is 1. The Hall–Kier alpha value is -2.33. The van der Waals surface area contributed by atoms with Crippen LogP contribution in [-0.2, 0) is 28.8 Å². The number of esters is 1. The highest BCUT2D eigenvalue weighted by atomic mass is 35.5. The number of carbonyl (C=O) groups is 2. The predicted molar refractivity (Wildman–Crippen MR) is 98.2 cm³/mol. The molecule has 0 radical (unpaired) electrons. The topological polar surface area (TPSA) is 55.4 Å². The largest absolute Gasteiger partial charge is 0.448 e. The molecule has 0 fully saturated rings. The first-order chi connectivity index (χ1) is 12.0. The summed E-state index contributed by atoms with van der Waals surface area (Å²) in [6.45, 7) is 4.02. The van der Waals surface area contributed by atoms with Crippen LogP contribution in [0.15, 0.2) is 36.4 Å². The molecule has 2 aromatic carbocycles. The van der Waals surface area contributed by atoms with Crippen LogP contribution in [0.2, 0.25) is 5.02 Å². The Kier molecular flexibility index (Phi) is 5.09. The number of rotatable bonds is 4. The number of aryl methyl sites for hydroxylation is 1. The van der Waals surface area contributed by atoms with Gasteiger partial charge in [-0.3, -0.25) is 4.79 Å². The number of anilines is 1. The fourth-order valence-corrected chi connectivity index (χ4v) is 3.44. The van der Waals surface area contributed by atoms with Gasteiger partial charge in [0.1, 0.15) is 0 Å². The van der Waals surface area contributed by atoms with Crippen LogP contribution in [-0.4, -0.2) is 18.0 Å². The van der Waals surface area contributed by atoms with Gasteiger partial charge in [-0.2, -0.15) is 0 Å². The van der Waals surface area contributed by atoms with E-state index in [-0.39, 0.29) is 5.91 Å². The van der Waals surface area contributed by atoms with Crippen LogP contribution in [0.4, 0.5) is 5.69 Å². The molecule has 0 bridgehead atoms. The normalized spacial score (nSPS) is 16.1. The molecule has 1 atom stereocenters. The lowest BCUT2D eigenvalue weighted by molar-refractivity contribution is -0.125. The van der Waals surface area contributed by atoms with Crippen LogP contribution in [0.5, 0.6) is 0 Å². The highest BCUT2D eigenvalue weighted by Crippen LogP contribution is 2.30. The van der Waals surface area contributed by atoms with Crippen molar-refractivity contribution in [2.75, 3.05) is 5.32 Å². The number of halogens is 1. The van der Waals surface area contributed by atoms with Crippen LogP contribution in [0.1, 0.15) is 40.9 Å². The maximum atomic E-state index is 12.7. The first kappa shape index (κ1) is 17.5. The number of benzene rings is 2. The quantitative estimate of drug-likeness (QED) is 0.835. The molecular formula is C20H20ClNO3. The second kappa shape index (κ2) is 7.28. The lowest BCUT2D eigenvalue weighted by Gasteiger charge is -2.25. The lowest BCUT2D eigenvalue weighted by atomic mass is 9.97. The van der Waals surface area contributed by atoms with Crippen LogP contribution in [0.3, 0.4) is 0 Å². The summed E-state index contributed by atoms with van der Waals surface area (Å²) in [5, 5.41) is 3.57. The molecule has 0 saturated carbocycles. The average molecular weight is 358 g/mol. The lowest BCUT2D eigenvalue weighted by Crippen LogP contribution is -2.38. The molecule has 0 aliphatic carbocycles. The molecule has 1 aliphatic heterocycles. The Morgan fingerprint density at radius 2 is 1.96 bits per heavy atom. The summed E-state index contributed by atoms with van der Waals surface area (Å²) in [4.78, 5) is 24.9. The van der Waals surface area contributed by atoms with Gasteiger partial charge in [-0.15, -0.1) is 0 Å². The molecule has 0 unspecified atom stereocenters. The van der Waals surface area contributed by atoms with Crippen molar-refractivity contribution in [1.82, 2.24) is 0 Å². The van der Waals surface area contributed by atoms with E-state index in [0.29, 0.717) is 23.4 Å². The Morgan fingerprint density at radius 3 is 2.68 bits per heavy atom. The van der Waals surface area contributed by atoms with Crippen molar-refractivity contribution in [2.45, 2.75) is 39.2 Å². The summed E-state index contributed by atoms with van der Waals surface area (Å²) < 4.78 is 5.34. The third kappa shape index (κ3) is 3.40. The van der Waals surface area contributed by atoms with Crippen LogP contribution >= 0.6 is 11.6 Å². The fourth-order valence-electron chi connectivity index (χ4n) is 3.15. The summed E-state index contributed by atoms with van der Waals surface area (Å²) in [5.41, 5.74) is 4.00. The van der Waals surface area contributed by atoms with Gasteiger partial charge in [-0.1, -0.05) is 49.7 Å². The van der Waals surface area contributed by atoms with E-state index < -0.39 is 12.1 Å².